The molecule has 5 rings (SSSR count). The van der Waals surface area contributed by atoms with E-state index in [-0.39, 0.29) is 0 Å². The molecule has 0 saturated carbocycles. The molecule has 0 bridgehead atoms. The van der Waals surface area contributed by atoms with Gasteiger partial charge in [0.1, 0.15) is 17.8 Å². The van der Waals surface area contributed by atoms with Gasteiger partial charge in [0, 0.05) is 49.2 Å². The number of fused-ring (bicyclic) bond motifs is 2. The third-order valence-electron chi connectivity index (χ3n) is 5.15. The van der Waals surface area contributed by atoms with E-state index >= 15 is 0 Å². The van der Waals surface area contributed by atoms with Crippen molar-refractivity contribution in [2.75, 3.05) is 26.3 Å². The first-order valence-corrected chi connectivity index (χ1v) is 10.1. The quantitative estimate of drug-likeness (QED) is 0.500. The minimum absolute atomic E-state index is 0.366. The second-order valence-corrected chi connectivity index (χ2v) is 7.53. The third kappa shape index (κ3) is 3.79. The van der Waals surface area contributed by atoms with Crippen LogP contribution in [0.3, 0.4) is 0 Å². The van der Waals surface area contributed by atoms with Crippen LogP contribution in [0.1, 0.15) is 11.3 Å². The first-order chi connectivity index (χ1) is 14.3. The lowest BCUT2D eigenvalue weighted by Gasteiger charge is -2.27. The molecular weight excluding hydrogens is 388 g/mol. The third-order valence-corrected chi connectivity index (χ3v) is 5.46. The lowest BCUT2D eigenvalue weighted by atomic mass is 10.1. The van der Waals surface area contributed by atoms with E-state index in [1.807, 2.05) is 53.2 Å². The Morgan fingerprint density at radius 3 is 2.90 bits per heavy atom. The Balaban J connectivity index is 1.49. The van der Waals surface area contributed by atoms with Crippen molar-refractivity contribution in [2.45, 2.75) is 13.2 Å². The smallest absolute Gasteiger partial charge is 0.150 e. The van der Waals surface area contributed by atoms with E-state index < -0.39 is 0 Å². The van der Waals surface area contributed by atoms with Crippen molar-refractivity contribution in [3.8, 4) is 5.75 Å². The summed E-state index contributed by atoms with van der Waals surface area (Å²) in [5.74, 6) is 0.772. The summed E-state index contributed by atoms with van der Waals surface area (Å²) in [6.07, 6.45) is 5.74. The summed E-state index contributed by atoms with van der Waals surface area (Å²) in [5, 5.41) is 1.58. The molecule has 0 aliphatic carbocycles. The van der Waals surface area contributed by atoms with E-state index in [0.29, 0.717) is 11.6 Å². The highest BCUT2D eigenvalue weighted by atomic mass is 35.5. The lowest BCUT2D eigenvalue weighted by Crippen LogP contribution is -2.35. The zero-order chi connectivity index (χ0) is 19.6. The maximum atomic E-state index is 6.57. The number of morpholine rings is 1. The number of ether oxygens (including phenoxy) is 2. The van der Waals surface area contributed by atoms with E-state index in [1.165, 1.54) is 0 Å². The number of hydrogen-bond acceptors (Lipinski definition) is 5. The minimum atomic E-state index is 0.366. The van der Waals surface area contributed by atoms with Gasteiger partial charge in [0.15, 0.2) is 5.75 Å². The predicted molar refractivity (Wildman–Crippen MR) is 112 cm³/mol. The highest BCUT2D eigenvalue weighted by molar-refractivity contribution is 6.35. The molecule has 6 nitrogen and oxygen atoms in total. The van der Waals surface area contributed by atoms with Gasteiger partial charge in [-0.25, -0.2) is 4.98 Å². The fourth-order valence-electron chi connectivity index (χ4n) is 3.71. The van der Waals surface area contributed by atoms with Crippen molar-refractivity contribution < 1.29 is 9.47 Å². The topological polar surface area (TPSA) is 51.9 Å². The fourth-order valence-corrected chi connectivity index (χ4v) is 3.99. The van der Waals surface area contributed by atoms with Gasteiger partial charge in [-0.15, -0.1) is 0 Å². The van der Waals surface area contributed by atoms with Gasteiger partial charge in [-0.05, 0) is 30.3 Å². The van der Waals surface area contributed by atoms with E-state index in [4.69, 9.17) is 21.1 Å². The van der Waals surface area contributed by atoms with Crippen LogP contribution in [0, 0.1) is 0 Å². The zero-order valence-corrected chi connectivity index (χ0v) is 16.7. The Morgan fingerprint density at radius 1 is 1.14 bits per heavy atom. The van der Waals surface area contributed by atoms with Crippen LogP contribution in [0.2, 0.25) is 5.02 Å². The van der Waals surface area contributed by atoms with Crippen molar-refractivity contribution in [1.82, 2.24) is 19.3 Å². The Hall–Kier alpha value is -2.67. The Labute approximate surface area is 173 Å². The molecule has 1 saturated heterocycles. The van der Waals surface area contributed by atoms with Crippen LogP contribution in [0.25, 0.3) is 16.6 Å². The molecule has 0 unspecified atom stereocenters. The summed E-state index contributed by atoms with van der Waals surface area (Å²) in [4.78, 5) is 11.6. The maximum Gasteiger partial charge on any atom is 0.150 e. The Bertz CT molecular complexity index is 1120. The second-order valence-electron chi connectivity index (χ2n) is 7.12. The van der Waals surface area contributed by atoms with Gasteiger partial charge in [-0.1, -0.05) is 17.7 Å². The van der Waals surface area contributed by atoms with Gasteiger partial charge in [0.25, 0.3) is 0 Å². The average molecular weight is 409 g/mol. The molecule has 0 radical (unpaired) electrons. The van der Waals surface area contributed by atoms with Crippen molar-refractivity contribution in [2.24, 2.45) is 0 Å². The standard InChI is InChI=1S/C22H21ClN4O2/c23-19-12-16(13-26-8-10-28-11-9-26)22(21-18(19)4-3-6-24-21)29-15-17-14-27-7-2-1-5-20(27)25-17/h1-7,12,14H,8-11,13,15H2. The molecule has 0 N–H and O–H groups in total. The van der Waals surface area contributed by atoms with Crippen molar-refractivity contribution >= 4 is 28.2 Å². The van der Waals surface area contributed by atoms with Crippen LogP contribution in [-0.4, -0.2) is 45.6 Å². The second kappa shape index (κ2) is 7.99. The summed E-state index contributed by atoms with van der Waals surface area (Å²) < 4.78 is 13.8. The molecular formula is C22H21ClN4O2. The molecule has 1 fully saturated rings. The molecule has 1 aliphatic heterocycles. The molecule has 3 aromatic heterocycles. The summed E-state index contributed by atoms with van der Waals surface area (Å²) in [6, 6.07) is 11.8. The molecule has 4 aromatic rings. The van der Waals surface area contributed by atoms with Crippen LogP contribution >= 0.6 is 11.6 Å². The van der Waals surface area contributed by atoms with E-state index in [9.17, 15) is 0 Å². The van der Waals surface area contributed by atoms with E-state index in [1.54, 1.807) is 6.20 Å². The maximum absolute atomic E-state index is 6.57. The molecule has 0 spiro atoms. The van der Waals surface area contributed by atoms with Gasteiger partial charge < -0.3 is 13.9 Å². The van der Waals surface area contributed by atoms with Gasteiger partial charge >= 0.3 is 0 Å². The normalized spacial score (nSPS) is 15.2. The van der Waals surface area contributed by atoms with Crippen LogP contribution < -0.4 is 4.74 Å². The van der Waals surface area contributed by atoms with Gasteiger partial charge in [0.2, 0.25) is 0 Å². The molecule has 0 amide bonds. The number of benzene rings is 1. The first kappa shape index (κ1) is 18.4. The predicted octanol–water partition coefficient (Wildman–Crippen LogP) is 3.95. The van der Waals surface area contributed by atoms with Crippen molar-refractivity contribution in [3.05, 3.63) is 71.3 Å². The zero-order valence-electron chi connectivity index (χ0n) is 15.9. The number of hydrogen-bond donors (Lipinski definition) is 0. The molecule has 1 aromatic carbocycles. The van der Waals surface area contributed by atoms with E-state index in [0.717, 1.165) is 66.4 Å². The summed E-state index contributed by atoms with van der Waals surface area (Å²) >= 11 is 6.57. The number of aromatic nitrogens is 3. The van der Waals surface area contributed by atoms with E-state index in [2.05, 4.69) is 14.9 Å². The SMILES string of the molecule is Clc1cc(CN2CCOCC2)c(OCc2cn3ccccc3n2)c2ncccc12. The minimum Gasteiger partial charge on any atom is -0.485 e. The van der Waals surface area contributed by atoms with Gasteiger partial charge in [0.05, 0.1) is 23.9 Å². The van der Waals surface area contributed by atoms with Crippen LogP contribution in [0.15, 0.2) is 55.0 Å². The molecule has 0 atom stereocenters. The van der Waals surface area contributed by atoms with Crippen molar-refractivity contribution in [3.63, 3.8) is 0 Å². The highest BCUT2D eigenvalue weighted by Crippen LogP contribution is 2.35. The first-order valence-electron chi connectivity index (χ1n) is 9.69. The van der Waals surface area contributed by atoms with Gasteiger partial charge in [-0.2, -0.15) is 0 Å². The Morgan fingerprint density at radius 2 is 2.03 bits per heavy atom. The lowest BCUT2D eigenvalue weighted by molar-refractivity contribution is 0.0338. The summed E-state index contributed by atoms with van der Waals surface area (Å²) in [6.45, 7) is 4.39. The van der Waals surface area contributed by atoms with Crippen LogP contribution in [0.5, 0.6) is 5.75 Å². The van der Waals surface area contributed by atoms with Crippen LogP contribution in [-0.2, 0) is 17.9 Å². The van der Waals surface area contributed by atoms with Crippen molar-refractivity contribution in [1.29, 1.82) is 0 Å². The fraction of sp³-hybridized carbons (Fsp3) is 0.273. The molecule has 7 heteroatoms. The number of imidazole rings is 1. The van der Waals surface area contributed by atoms with Gasteiger partial charge in [-0.3, -0.25) is 9.88 Å². The average Bonchev–Trinajstić information content (AvgIpc) is 3.17. The monoisotopic (exact) mass is 408 g/mol. The highest BCUT2D eigenvalue weighted by Gasteiger charge is 2.18. The largest absolute Gasteiger partial charge is 0.485 e. The summed E-state index contributed by atoms with van der Waals surface area (Å²) in [5.41, 5.74) is 3.59. The molecule has 148 valence electrons. The number of halogens is 1. The number of rotatable bonds is 5. The summed E-state index contributed by atoms with van der Waals surface area (Å²) in [7, 11) is 0. The number of pyridine rings is 2. The van der Waals surface area contributed by atoms with Crippen LogP contribution in [0.4, 0.5) is 0 Å². The molecule has 4 heterocycles. The number of nitrogens with zero attached hydrogens (tertiary/aromatic N) is 4. The molecule has 29 heavy (non-hydrogen) atoms. The molecule has 1 aliphatic rings. The Kier molecular flexibility index (Phi) is 5.06.